The van der Waals surface area contributed by atoms with Gasteiger partial charge in [-0.25, -0.2) is 4.79 Å². The minimum Gasteiger partial charge on any atom is -0.508 e. The van der Waals surface area contributed by atoms with Crippen LogP contribution in [-0.4, -0.2) is 55.6 Å². The molecule has 1 aliphatic carbocycles. The van der Waals surface area contributed by atoms with Gasteiger partial charge >= 0.3 is 11.6 Å². The van der Waals surface area contributed by atoms with Gasteiger partial charge in [0.05, 0.1) is 6.61 Å². The van der Waals surface area contributed by atoms with E-state index in [1.807, 2.05) is 12.1 Å². The molecule has 0 bridgehead atoms. The molecule has 9 nitrogen and oxygen atoms in total. The molecule has 12 heteroatoms. The van der Waals surface area contributed by atoms with Crippen LogP contribution >= 0.6 is 12.4 Å². The van der Waals surface area contributed by atoms with Gasteiger partial charge in [-0.2, -0.15) is 13.8 Å². The Morgan fingerprint density at radius 3 is 2.33 bits per heavy atom. The van der Waals surface area contributed by atoms with Gasteiger partial charge in [-0.05, 0) is 41.3 Å². The Morgan fingerprint density at radius 2 is 1.81 bits per heavy atom. The Balaban J connectivity index is 0.000000195. The van der Waals surface area contributed by atoms with E-state index in [4.69, 9.17) is 21.3 Å². The second kappa shape index (κ2) is 10.9. The lowest BCUT2D eigenvalue weighted by Gasteiger charge is -2.20. The number of phenolic OH excluding ortho intramolecular Hbond substituents is 1. The fraction of sp³-hybridized carbons (Fsp3) is 0.333. The van der Waals surface area contributed by atoms with Crippen LogP contribution in [0, 0.1) is 0 Å². The number of aliphatic hydroxyl groups excluding tert-OH is 2. The van der Waals surface area contributed by atoms with Gasteiger partial charge in [-0.1, -0.05) is 36.4 Å². The van der Waals surface area contributed by atoms with Crippen molar-refractivity contribution in [1.82, 2.24) is 9.55 Å². The molecule has 5 atom stereocenters. The highest BCUT2D eigenvalue weighted by molar-refractivity contribution is 5.85. The fourth-order valence-electron chi connectivity index (χ4n) is 3.93. The van der Waals surface area contributed by atoms with E-state index in [9.17, 15) is 23.8 Å². The Bertz CT molecular complexity index is 1240. The summed E-state index contributed by atoms with van der Waals surface area (Å²) in [6, 6.07) is 17.3. The number of hydrogen-bond acceptors (Lipinski definition) is 8. The molecule has 2 aromatic carbocycles. The SMILES string of the molecule is Cl.NC1CC1c1ccc(-c2cccc(O)c2)cc1.Nc1ccn(C2OC(CO)C(O)C2(F)F)c(=O)n1. The van der Waals surface area contributed by atoms with Crippen LogP contribution < -0.4 is 17.2 Å². The maximum absolute atomic E-state index is 13.7. The second-order valence-electron chi connectivity index (χ2n) is 8.55. The number of rotatable bonds is 4. The molecular weight excluding hydrogens is 498 g/mol. The molecule has 0 amide bonds. The van der Waals surface area contributed by atoms with E-state index in [1.54, 1.807) is 12.1 Å². The lowest BCUT2D eigenvalue weighted by molar-refractivity contribution is -0.140. The van der Waals surface area contributed by atoms with Crippen LogP contribution in [0.2, 0.25) is 0 Å². The monoisotopic (exact) mass is 524 g/mol. The average molecular weight is 525 g/mol. The number of nitrogens with two attached hydrogens (primary N) is 2. The van der Waals surface area contributed by atoms with Crippen LogP contribution in [0.25, 0.3) is 11.1 Å². The summed E-state index contributed by atoms with van der Waals surface area (Å²) in [5, 5.41) is 27.5. The van der Waals surface area contributed by atoms with Gasteiger partial charge in [-0.15, -0.1) is 12.4 Å². The van der Waals surface area contributed by atoms with E-state index in [-0.39, 0.29) is 18.2 Å². The zero-order valence-electron chi connectivity index (χ0n) is 18.9. The van der Waals surface area contributed by atoms with E-state index in [0.29, 0.717) is 22.3 Å². The molecule has 5 rings (SSSR count). The normalized spacial score (nSPS) is 25.9. The van der Waals surface area contributed by atoms with Crippen molar-refractivity contribution in [2.24, 2.45) is 5.73 Å². The molecule has 1 saturated carbocycles. The van der Waals surface area contributed by atoms with Gasteiger partial charge in [-0.3, -0.25) is 4.57 Å². The fourth-order valence-corrected chi connectivity index (χ4v) is 3.93. The van der Waals surface area contributed by atoms with Crippen LogP contribution in [0.3, 0.4) is 0 Å². The van der Waals surface area contributed by atoms with E-state index < -0.39 is 36.7 Å². The molecule has 7 N–H and O–H groups in total. The van der Waals surface area contributed by atoms with Crippen LogP contribution in [0.1, 0.15) is 24.1 Å². The Kier molecular flexibility index (Phi) is 8.32. The van der Waals surface area contributed by atoms with Gasteiger partial charge in [0.25, 0.3) is 0 Å². The first-order valence-electron chi connectivity index (χ1n) is 10.9. The van der Waals surface area contributed by atoms with Gasteiger partial charge < -0.3 is 31.5 Å². The Morgan fingerprint density at radius 1 is 1.14 bits per heavy atom. The molecule has 0 spiro atoms. The van der Waals surface area contributed by atoms with Crippen LogP contribution in [-0.2, 0) is 4.74 Å². The zero-order chi connectivity index (χ0) is 25.3. The summed E-state index contributed by atoms with van der Waals surface area (Å²) in [6.07, 6.45) is -3.59. The highest BCUT2D eigenvalue weighted by atomic mass is 35.5. The van der Waals surface area contributed by atoms with E-state index >= 15 is 0 Å². The van der Waals surface area contributed by atoms with E-state index in [2.05, 4.69) is 29.2 Å². The number of aromatic hydroxyl groups is 1. The van der Waals surface area contributed by atoms with E-state index in [0.717, 1.165) is 29.8 Å². The number of alkyl halides is 2. The van der Waals surface area contributed by atoms with Crippen molar-refractivity contribution in [2.45, 2.75) is 42.7 Å². The summed E-state index contributed by atoms with van der Waals surface area (Å²) in [7, 11) is 0. The van der Waals surface area contributed by atoms with Crippen molar-refractivity contribution in [3.8, 4) is 16.9 Å². The minimum atomic E-state index is -3.71. The Hall–Kier alpha value is -3.09. The largest absolute Gasteiger partial charge is 0.508 e. The highest BCUT2D eigenvalue weighted by Gasteiger charge is 2.59. The van der Waals surface area contributed by atoms with Crippen molar-refractivity contribution in [1.29, 1.82) is 0 Å². The number of nitrogen functional groups attached to an aromatic ring is 1. The number of phenols is 1. The number of hydrogen-bond donors (Lipinski definition) is 5. The maximum Gasteiger partial charge on any atom is 0.351 e. The average Bonchev–Trinajstić information content (AvgIpc) is 3.51. The number of aromatic nitrogens is 2. The summed E-state index contributed by atoms with van der Waals surface area (Å²) in [5.41, 5.74) is 13.5. The van der Waals surface area contributed by atoms with Crippen molar-refractivity contribution >= 4 is 18.2 Å². The lowest BCUT2D eigenvalue weighted by atomic mass is 10.0. The van der Waals surface area contributed by atoms with E-state index in [1.165, 1.54) is 5.56 Å². The van der Waals surface area contributed by atoms with Crippen LogP contribution in [0.15, 0.2) is 65.6 Å². The smallest absolute Gasteiger partial charge is 0.351 e. The number of benzene rings is 2. The molecular formula is C24H27ClF2N4O5. The number of aliphatic hydroxyl groups is 2. The van der Waals surface area contributed by atoms with Gasteiger partial charge in [0, 0.05) is 18.2 Å². The number of anilines is 1. The number of ether oxygens (including phenoxy) is 1. The topological polar surface area (TPSA) is 157 Å². The van der Waals surface area contributed by atoms with Gasteiger partial charge in [0.1, 0.15) is 17.7 Å². The molecule has 2 aliphatic rings. The highest BCUT2D eigenvalue weighted by Crippen LogP contribution is 2.42. The predicted molar refractivity (Wildman–Crippen MR) is 131 cm³/mol. The second-order valence-corrected chi connectivity index (χ2v) is 8.55. The molecule has 194 valence electrons. The summed E-state index contributed by atoms with van der Waals surface area (Å²) in [6.45, 7) is -0.787. The Labute approximate surface area is 211 Å². The third kappa shape index (κ3) is 5.66. The quantitative estimate of drug-likeness (QED) is 0.347. The van der Waals surface area contributed by atoms with Crippen molar-refractivity contribution in [3.63, 3.8) is 0 Å². The van der Waals surface area contributed by atoms with Crippen molar-refractivity contribution in [2.75, 3.05) is 12.3 Å². The first-order valence-corrected chi connectivity index (χ1v) is 10.9. The van der Waals surface area contributed by atoms with Crippen molar-refractivity contribution < 1.29 is 28.8 Å². The van der Waals surface area contributed by atoms with Gasteiger partial charge in [0.15, 0.2) is 6.10 Å². The predicted octanol–water partition coefficient (Wildman–Crippen LogP) is 2.01. The van der Waals surface area contributed by atoms with Crippen LogP contribution in [0.4, 0.5) is 14.6 Å². The third-order valence-electron chi connectivity index (χ3n) is 6.02. The molecule has 3 aromatic rings. The minimum absolute atomic E-state index is 0. The summed E-state index contributed by atoms with van der Waals surface area (Å²) >= 11 is 0. The molecule has 1 aromatic heterocycles. The maximum atomic E-state index is 13.7. The molecule has 1 saturated heterocycles. The lowest BCUT2D eigenvalue weighted by Crippen LogP contribution is -2.41. The van der Waals surface area contributed by atoms with Gasteiger partial charge in [0.2, 0.25) is 6.23 Å². The molecule has 5 unspecified atom stereocenters. The summed E-state index contributed by atoms with van der Waals surface area (Å²) in [5.74, 6) is -2.98. The molecule has 1 aliphatic heterocycles. The first-order chi connectivity index (χ1) is 16.6. The third-order valence-corrected chi connectivity index (χ3v) is 6.02. The first kappa shape index (κ1) is 27.5. The molecule has 36 heavy (non-hydrogen) atoms. The number of nitrogens with zero attached hydrogens (tertiary/aromatic N) is 2. The summed E-state index contributed by atoms with van der Waals surface area (Å²) < 4.78 is 32.7. The summed E-state index contributed by atoms with van der Waals surface area (Å²) in [4.78, 5) is 14.7. The standard InChI is InChI=1S/C15H15NO.C9H11F2N3O4.ClH/c16-15-9-14(15)11-6-4-10(5-7-11)12-2-1-3-13(17)8-12;10-9(11)6(16)4(3-15)18-7(9)14-2-1-5(12)13-8(14)17;/h1-8,14-15,17H,9,16H2;1-2,4,6-7,15-16H,3H2,(H2,12,13,17);1H. The molecule has 2 heterocycles. The zero-order valence-corrected chi connectivity index (χ0v) is 19.8. The number of halogens is 3. The molecule has 2 fully saturated rings. The van der Waals surface area contributed by atoms with Crippen LogP contribution in [0.5, 0.6) is 5.75 Å². The molecule has 0 radical (unpaired) electrons. The van der Waals surface area contributed by atoms with Crippen molar-refractivity contribution in [3.05, 3.63) is 76.8 Å².